The molecule has 26 heavy (non-hydrogen) atoms. The smallest absolute Gasteiger partial charge is 0.225 e. The van der Waals surface area contributed by atoms with E-state index in [2.05, 4.69) is 30.5 Å². The summed E-state index contributed by atoms with van der Waals surface area (Å²) in [5.41, 5.74) is 2.05. The van der Waals surface area contributed by atoms with Gasteiger partial charge in [0.15, 0.2) is 0 Å². The molecular weight excluding hydrogens is 328 g/mol. The van der Waals surface area contributed by atoms with Gasteiger partial charge in [0.1, 0.15) is 18.1 Å². The summed E-state index contributed by atoms with van der Waals surface area (Å²) in [6, 6.07) is 15.4. The van der Waals surface area contributed by atoms with Crippen LogP contribution in [0.25, 0.3) is 0 Å². The minimum absolute atomic E-state index is 0.0154. The summed E-state index contributed by atoms with van der Waals surface area (Å²) in [5.74, 6) is 2.00. The molecule has 0 aliphatic rings. The maximum absolute atomic E-state index is 12.1. The van der Waals surface area contributed by atoms with Gasteiger partial charge in [0.05, 0.1) is 7.11 Å². The molecule has 0 atom stereocenters. The molecule has 0 aromatic heterocycles. The van der Waals surface area contributed by atoms with Crippen LogP contribution in [0.1, 0.15) is 31.7 Å². The van der Waals surface area contributed by atoms with Gasteiger partial charge in [-0.25, -0.2) is 0 Å². The third-order valence-electron chi connectivity index (χ3n) is 3.99. The number of nitrogens with one attached hydrogen (secondary N) is 2. The highest BCUT2D eigenvalue weighted by Crippen LogP contribution is 2.23. The van der Waals surface area contributed by atoms with Crippen molar-refractivity contribution < 1.29 is 14.3 Å². The van der Waals surface area contributed by atoms with Gasteiger partial charge in [-0.05, 0) is 41.8 Å². The van der Waals surface area contributed by atoms with Crippen LogP contribution in [0, 0.1) is 0 Å². The van der Waals surface area contributed by atoms with E-state index >= 15 is 0 Å². The quantitative estimate of drug-likeness (QED) is 0.636. The topological polar surface area (TPSA) is 59.6 Å². The number of hydrogen-bond acceptors (Lipinski definition) is 4. The van der Waals surface area contributed by atoms with Crippen molar-refractivity contribution >= 4 is 11.6 Å². The molecule has 2 aromatic rings. The summed E-state index contributed by atoms with van der Waals surface area (Å²) in [5, 5.41) is 6.22. The van der Waals surface area contributed by atoms with Gasteiger partial charge in [-0.15, -0.1) is 0 Å². The average molecular weight is 356 g/mol. The molecule has 0 heterocycles. The van der Waals surface area contributed by atoms with Gasteiger partial charge in [0.25, 0.3) is 0 Å². The molecular formula is C21H28N2O3. The Bertz CT molecular complexity index is 684. The van der Waals surface area contributed by atoms with Crippen LogP contribution in [0.2, 0.25) is 0 Å². The predicted octanol–water partition coefficient (Wildman–Crippen LogP) is 3.82. The Kier molecular flexibility index (Phi) is 7.96. The first-order valence-corrected chi connectivity index (χ1v) is 8.96. The maximum Gasteiger partial charge on any atom is 0.225 e. The number of anilines is 1. The van der Waals surface area contributed by atoms with Crippen molar-refractivity contribution in [2.24, 2.45) is 0 Å². The average Bonchev–Trinajstić information content (AvgIpc) is 2.65. The maximum atomic E-state index is 12.1. The van der Waals surface area contributed by atoms with Gasteiger partial charge in [-0.3, -0.25) is 4.79 Å². The first kappa shape index (κ1) is 19.8. The SMILES string of the molecule is COc1ccc(OCCNCCC(=O)Nc2ccccc2C(C)C)cc1. The summed E-state index contributed by atoms with van der Waals surface area (Å²) in [6.45, 7) is 6.08. The third kappa shape index (κ3) is 6.41. The second kappa shape index (κ2) is 10.5. The number of amides is 1. The number of para-hydroxylation sites is 1. The van der Waals surface area contributed by atoms with Crippen LogP contribution < -0.4 is 20.1 Å². The highest BCUT2D eigenvalue weighted by atomic mass is 16.5. The lowest BCUT2D eigenvalue weighted by atomic mass is 10.0. The fourth-order valence-corrected chi connectivity index (χ4v) is 2.57. The third-order valence-corrected chi connectivity index (χ3v) is 3.99. The normalized spacial score (nSPS) is 10.6. The van der Waals surface area contributed by atoms with Gasteiger partial charge in [0, 0.05) is 25.2 Å². The van der Waals surface area contributed by atoms with Gasteiger partial charge in [-0.1, -0.05) is 32.0 Å². The van der Waals surface area contributed by atoms with Gasteiger partial charge < -0.3 is 20.1 Å². The number of carbonyl (C=O) groups excluding carboxylic acids is 1. The zero-order valence-corrected chi connectivity index (χ0v) is 15.7. The molecule has 140 valence electrons. The zero-order valence-electron chi connectivity index (χ0n) is 15.7. The molecule has 0 aliphatic heterocycles. The molecule has 0 unspecified atom stereocenters. The first-order valence-electron chi connectivity index (χ1n) is 8.96. The summed E-state index contributed by atoms with van der Waals surface area (Å²) in [4.78, 5) is 12.1. The minimum atomic E-state index is 0.0154. The van der Waals surface area contributed by atoms with Gasteiger partial charge in [-0.2, -0.15) is 0 Å². The number of ether oxygens (including phenoxy) is 2. The number of methoxy groups -OCH3 is 1. The number of rotatable bonds is 10. The lowest BCUT2D eigenvalue weighted by Crippen LogP contribution is -2.26. The Morgan fingerprint density at radius 1 is 1.00 bits per heavy atom. The molecule has 0 spiro atoms. The summed E-state index contributed by atoms with van der Waals surface area (Å²) < 4.78 is 10.7. The predicted molar refractivity (Wildman–Crippen MR) is 105 cm³/mol. The molecule has 2 aromatic carbocycles. The largest absolute Gasteiger partial charge is 0.497 e. The molecule has 0 aliphatic carbocycles. The Labute approximate surface area is 155 Å². The van der Waals surface area contributed by atoms with Gasteiger partial charge >= 0.3 is 0 Å². The zero-order chi connectivity index (χ0) is 18.8. The van der Waals surface area contributed by atoms with Crippen molar-refractivity contribution in [1.82, 2.24) is 5.32 Å². The Morgan fingerprint density at radius 2 is 1.69 bits per heavy atom. The van der Waals surface area contributed by atoms with Crippen molar-refractivity contribution in [2.75, 3.05) is 32.1 Å². The van der Waals surface area contributed by atoms with Crippen LogP contribution in [0.5, 0.6) is 11.5 Å². The molecule has 0 saturated carbocycles. The van der Waals surface area contributed by atoms with Crippen molar-refractivity contribution in [3.8, 4) is 11.5 Å². The highest BCUT2D eigenvalue weighted by molar-refractivity contribution is 5.91. The van der Waals surface area contributed by atoms with Crippen LogP contribution >= 0.6 is 0 Å². The molecule has 5 nitrogen and oxygen atoms in total. The van der Waals surface area contributed by atoms with E-state index < -0.39 is 0 Å². The summed E-state index contributed by atoms with van der Waals surface area (Å²) >= 11 is 0. The first-order chi connectivity index (χ1) is 12.6. The van der Waals surface area contributed by atoms with Crippen molar-refractivity contribution in [3.63, 3.8) is 0 Å². The second-order valence-corrected chi connectivity index (χ2v) is 6.31. The Balaban J connectivity index is 1.63. The number of benzene rings is 2. The fraction of sp³-hybridized carbons (Fsp3) is 0.381. The second-order valence-electron chi connectivity index (χ2n) is 6.31. The van der Waals surface area contributed by atoms with E-state index in [0.717, 1.165) is 22.7 Å². The van der Waals surface area contributed by atoms with E-state index in [9.17, 15) is 4.79 Å². The van der Waals surface area contributed by atoms with E-state index in [1.165, 1.54) is 0 Å². The lowest BCUT2D eigenvalue weighted by Gasteiger charge is -2.13. The molecule has 1 amide bonds. The van der Waals surface area contributed by atoms with Crippen LogP contribution in [0.15, 0.2) is 48.5 Å². The van der Waals surface area contributed by atoms with Crippen LogP contribution in [-0.2, 0) is 4.79 Å². The summed E-state index contributed by atoms with van der Waals surface area (Å²) in [7, 11) is 1.64. The fourth-order valence-electron chi connectivity index (χ4n) is 2.57. The van der Waals surface area contributed by atoms with Crippen molar-refractivity contribution in [1.29, 1.82) is 0 Å². The molecule has 0 saturated heterocycles. The van der Waals surface area contributed by atoms with Crippen LogP contribution in [0.4, 0.5) is 5.69 Å². The minimum Gasteiger partial charge on any atom is -0.497 e. The number of hydrogen-bond donors (Lipinski definition) is 2. The van der Waals surface area contributed by atoms with E-state index in [-0.39, 0.29) is 5.91 Å². The molecule has 0 bridgehead atoms. The van der Waals surface area contributed by atoms with E-state index in [1.807, 2.05) is 42.5 Å². The van der Waals surface area contributed by atoms with E-state index in [1.54, 1.807) is 7.11 Å². The van der Waals surface area contributed by atoms with Crippen molar-refractivity contribution in [3.05, 3.63) is 54.1 Å². The monoisotopic (exact) mass is 356 g/mol. The van der Waals surface area contributed by atoms with E-state index in [0.29, 0.717) is 32.0 Å². The van der Waals surface area contributed by atoms with Gasteiger partial charge in [0.2, 0.25) is 5.91 Å². The van der Waals surface area contributed by atoms with Crippen LogP contribution in [0.3, 0.4) is 0 Å². The Morgan fingerprint density at radius 3 is 2.38 bits per heavy atom. The Hall–Kier alpha value is -2.53. The summed E-state index contributed by atoms with van der Waals surface area (Å²) in [6.07, 6.45) is 0.426. The molecule has 2 rings (SSSR count). The molecule has 0 fully saturated rings. The standard InChI is InChI=1S/C21H28N2O3/c1-16(2)19-6-4-5-7-20(19)23-21(24)12-13-22-14-15-26-18-10-8-17(25-3)9-11-18/h4-11,16,22H,12-15H2,1-3H3,(H,23,24). The molecule has 5 heteroatoms. The van der Waals surface area contributed by atoms with E-state index in [4.69, 9.17) is 9.47 Å². The number of carbonyl (C=O) groups is 1. The van der Waals surface area contributed by atoms with Crippen molar-refractivity contribution in [2.45, 2.75) is 26.2 Å². The van der Waals surface area contributed by atoms with Crippen LogP contribution in [-0.4, -0.2) is 32.7 Å². The highest BCUT2D eigenvalue weighted by Gasteiger charge is 2.08. The molecule has 2 N–H and O–H groups in total. The molecule has 0 radical (unpaired) electrons. The lowest BCUT2D eigenvalue weighted by molar-refractivity contribution is -0.116.